The smallest absolute Gasteiger partial charge is 0.410 e. The normalized spacial score (nSPS) is 18.7. The zero-order valence-electron chi connectivity index (χ0n) is 16.4. The molecule has 1 aliphatic heterocycles. The maximum absolute atomic E-state index is 13.7. The second-order valence-electron chi connectivity index (χ2n) is 7.60. The molecule has 0 fully saturated rings. The summed E-state index contributed by atoms with van der Waals surface area (Å²) in [5.41, 5.74) is 1.57. The van der Waals surface area contributed by atoms with Gasteiger partial charge in [-0.1, -0.05) is 26.0 Å². The monoisotopic (exact) mass is 418 g/mol. The second kappa shape index (κ2) is 7.55. The Labute approximate surface area is 171 Å². The molecule has 30 heavy (non-hydrogen) atoms. The van der Waals surface area contributed by atoms with Crippen LogP contribution in [0.3, 0.4) is 0 Å². The fraction of sp³-hybridized carbons (Fsp3) is 0.333. The fourth-order valence-electron chi connectivity index (χ4n) is 3.51. The number of fused-ring (bicyclic) bond motifs is 1. The van der Waals surface area contributed by atoms with Gasteiger partial charge in [0, 0.05) is 18.2 Å². The molecule has 2 N–H and O–H groups in total. The number of nitrogens with one attached hydrogen (secondary N) is 2. The van der Waals surface area contributed by atoms with Gasteiger partial charge in [-0.2, -0.15) is 18.3 Å². The van der Waals surface area contributed by atoms with E-state index in [1.54, 1.807) is 24.3 Å². The number of halogens is 3. The summed E-state index contributed by atoms with van der Waals surface area (Å²) in [4.78, 5) is 12.6. The maximum atomic E-state index is 13.7. The third-order valence-electron chi connectivity index (χ3n) is 5.14. The number of furan rings is 1. The lowest BCUT2D eigenvalue weighted by Crippen LogP contribution is -2.35. The molecule has 9 heteroatoms. The first kappa shape index (κ1) is 20.1. The van der Waals surface area contributed by atoms with Crippen LogP contribution in [0.2, 0.25) is 0 Å². The van der Waals surface area contributed by atoms with E-state index in [-0.39, 0.29) is 17.9 Å². The summed E-state index contributed by atoms with van der Waals surface area (Å²) in [6.45, 7) is 4.12. The molecule has 0 radical (unpaired) electrons. The van der Waals surface area contributed by atoms with Crippen molar-refractivity contribution in [2.75, 3.05) is 10.6 Å². The molecule has 0 saturated carbocycles. The molecule has 0 aliphatic carbocycles. The molecular formula is C21H21F3N4O2. The lowest BCUT2D eigenvalue weighted by Gasteiger charge is -2.32. The Morgan fingerprint density at radius 2 is 2.00 bits per heavy atom. The fourth-order valence-corrected chi connectivity index (χ4v) is 3.51. The lowest BCUT2D eigenvalue weighted by molar-refractivity contribution is -0.174. The molecule has 0 bridgehead atoms. The van der Waals surface area contributed by atoms with Crippen LogP contribution in [-0.4, -0.2) is 21.9 Å². The van der Waals surface area contributed by atoms with Crippen LogP contribution in [0.5, 0.6) is 0 Å². The van der Waals surface area contributed by atoms with Crippen LogP contribution in [0.1, 0.15) is 60.1 Å². The molecule has 1 amide bonds. The standard InChI is InChI=1S/C21H21F3N4O2/c1-12(2)13-5-7-14(8-6-13)25-20(29)16-11-19-26-15(17-4-3-9-30-17)10-18(21(22,23)24)28(19)27-16/h3-9,11-12,15,18,26H,10H2,1-2H3,(H,25,29). The minimum Gasteiger partial charge on any atom is -0.467 e. The van der Waals surface area contributed by atoms with Crippen molar-refractivity contribution in [3.63, 3.8) is 0 Å². The summed E-state index contributed by atoms with van der Waals surface area (Å²) in [5, 5.41) is 9.62. The molecule has 2 aromatic heterocycles. The molecule has 2 unspecified atom stereocenters. The van der Waals surface area contributed by atoms with Gasteiger partial charge in [-0.3, -0.25) is 4.79 Å². The molecule has 3 aromatic rings. The van der Waals surface area contributed by atoms with Crippen LogP contribution in [0.4, 0.5) is 24.7 Å². The first-order valence-corrected chi connectivity index (χ1v) is 9.60. The van der Waals surface area contributed by atoms with Crippen LogP contribution in [0, 0.1) is 0 Å². The van der Waals surface area contributed by atoms with E-state index in [9.17, 15) is 18.0 Å². The number of nitrogens with zero attached hydrogens (tertiary/aromatic N) is 2. The zero-order chi connectivity index (χ0) is 21.5. The van der Waals surface area contributed by atoms with E-state index in [2.05, 4.69) is 29.6 Å². The van der Waals surface area contributed by atoms with Crippen molar-refractivity contribution in [3.05, 3.63) is 65.7 Å². The van der Waals surface area contributed by atoms with Gasteiger partial charge in [-0.15, -0.1) is 0 Å². The number of hydrogen-bond donors (Lipinski definition) is 2. The summed E-state index contributed by atoms with van der Waals surface area (Å²) in [6.07, 6.45) is -3.40. The highest BCUT2D eigenvalue weighted by Gasteiger charge is 2.47. The van der Waals surface area contributed by atoms with Gasteiger partial charge >= 0.3 is 6.18 Å². The van der Waals surface area contributed by atoms with Crippen molar-refractivity contribution in [1.82, 2.24) is 9.78 Å². The number of alkyl halides is 3. The van der Waals surface area contributed by atoms with Crippen LogP contribution < -0.4 is 10.6 Å². The highest BCUT2D eigenvalue weighted by atomic mass is 19.4. The SMILES string of the molecule is CC(C)c1ccc(NC(=O)c2cc3n(n2)C(C(F)(F)F)CC(c2ccco2)N3)cc1. The van der Waals surface area contributed by atoms with Gasteiger partial charge in [0.1, 0.15) is 11.6 Å². The van der Waals surface area contributed by atoms with E-state index in [1.165, 1.54) is 12.3 Å². The van der Waals surface area contributed by atoms with E-state index in [0.29, 0.717) is 17.4 Å². The van der Waals surface area contributed by atoms with Gasteiger partial charge in [-0.25, -0.2) is 4.68 Å². The Bertz CT molecular complexity index is 1020. The van der Waals surface area contributed by atoms with Gasteiger partial charge in [-0.05, 0) is 35.7 Å². The molecule has 4 rings (SSSR count). The predicted molar refractivity (Wildman–Crippen MR) is 105 cm³/mol. The van der Waals surface area contributed by atoms with E-state index in [0.717, 1.165) is 10.2 Å². The van der Waals surface area contributed by atoms with Gasteiger partial charge in [0.05, 0.1) is 12.3 Å². The van der Waals surface area contributed by atoms with Gasteiger partial charge in [0.25, 0.3) is 5.91 Å². The molecule has 0 spiro atoms. The van der Waals surface area contributed by atoms with Crippen LogP contribution >= 0.6 is 0 Å². The summed E-state index contributed by atoms with van der Waals surface area (Å²) in [6, 6.07) is 9.33. The number of rotatable bonds is 4. The molecule has 1 aromatic carbocycles. The number of anilines is 2. The van der Waals surface area contributed by atoms with E-state index < -0.39 is 24.2 Å². The Hall–Kier alpha value is -3.23. The van der Waals surface area contributed by atoms with Crippen molar-refractivity contribution in [2.45, 2.75) is 44.4 Å². The largest absolute Gasteiger partial charge is 0.467 e. The molecule has 6 nitrogen and oxygen atoms in total. The Balaban J connectivity index is 1.59. The lowest BCUT2D eigenvalue weighted by atomic mass is 10.0. The van der Waals surface area contributed by atoms with Crippen LogP contribution in [-0.2, 0) is 0 Å². The van der Waals surface area contributed by atoms with Crippen molar-refractivity contribution >= 4 is 17.4 Å². The van der Waals surface area contributed by atoms with Crippen molar-refractivity contribution in [3.8, 4) is 0 Å². The average Bonchev–Trinajstić information content (AvgIpc) is 3.36. The molecule has 2 atom stereocenters. The van der Waals surface area contributed by atoms with Gasteiger partial charge in [0.15, 0.2) is 11.7 Å². The van der Waals surface area contributed by atoms with Crippen LogP contribution in [0.15, 0.2) is 53.1 Å². The number of hydrogen-bond acceptors (Lipinski definition) is 4. The number of benzene rings is 1. The van der Waals surface area contributed by atoms with Crippen molar-refractivity contribution in [1.29, 1.82) is 0 Å². The zero-order valence-corrected chi connectivity index (χ0v) is 16.4. The molecule has 158 valence electrons. The molecule has 0 saturated heterocycles. The molecule has 1 aliphatic rings. The first-order valence-electron chi connectivity index (χ1n) is 9.60. The minimum atomic E-state index is -4.52. The Morgan fingerprint density at radius 3 is 2.60 bits per heavy atom. The highest BCUT2D eigenvalue weighted by molar-refractivity contribution is 6.03. The molecular weight excluding hydrogens is 397 g/mol. The summed E-state index contributed by atoms with van der Waals surface area (Å²) >= 11 is 0. The number of carbonyl (C=O) groups is 1. The average molecular weight is 418 g/mol. The number of amides is 1. The van der Waals surface area contributed by atoms with E-state index in [4.69, 9.17) is 4.42 Å². The van der Waals surface area contributed by atoms with Crippen molar-refractivity contribution < 1.29 is 22.4 Å². The first-order chi connectivity index (χ1) is 14.2. The molecule has 3 heterocycles. The number of aromatic nitrogens is 2. The topological polar surface area (TPSA) is 72.1 Å². The van der Waals surface area contributed by atoms with Gasteiger partial charge < -0.3 is 15.1 Å². The highest BCUT2D eigenvalue weighted by Crippen LogP contribution is 2.43. The summed E-state index contributed by atoms with van der Waals surface area (Å²) < 4.78 is 47.1. The second-order valence-corrected chi connectivity index (χ2v) is 7.60. The third kappa shape index (κ3) is 3.92. The van der Waals surface area contributed by atoms with Crippen LogP contribution in [0.25, 0.3) is 0 Å². The predicted octanol–water partition coefficient (Wildman–Crippen LogP) is 5.51. The van der Waals surface area contributed by atoms with E-state index >= 15 is 0 Å². The Morgan fingerprint density at radius 1 is 1.27 bits per heavy atom. The summed E-state index contributed by atoms with van der Waals surface area (Å²) in [5.74, 6) is 0.284. The van der Waals surface area contributed by atoms with E-state index in [1.807, 2.05) is 12.1 Å². The quantitative estimate of drug-likeness (QED) is 0.586. The maximum Gasteiger partial charge on any atom is 0.410 e. The minimum absolute atomic E-state index is 0.0974. The van der Waals surface area contributed by atoms with Gasteiger partial charge in [0.2, 0.25) is 0 Å². The third-order valence-corrected chi connectivity index (χ3v) is 5.14. The number of carbonyl (C=O) groups excluding carboxylic acids is 1. The summed E-state index contributed by atoms with van der Waals surface area (Å²) in [7, 11) is 0. The Kier molecular flexibility index (Phi) is 5.05. The van der Waals surface area contributed by atoms with Crippen molar-refractivity contribution in [2.24, 2.45) is 0 Å².